The van der Waals surface area contributed by atoms with E-state index in [1.807, 2.05) is 47.9 Å². The number of carbonyl (C=O) groups excluding carboxylic acids is 1. The number of fused-ring (bicyclic) bond motifs is 1. The van der Waals surface area contributed by atoms with Crippen LogP contribution in [0.2, 0.25) is 0 Å². The Kier molecular flexibility index (Phi) is 5.33. The van der Waals surface area contributed by atoms with Gasteiger partial charge in [0.2, 0.25) is 5.91 Å². The molecule has 0 unspecified atom stereocenters. The number of ether oxygens (including phenoxy) is 1. The van der Waals surface area contributed by atoms with Crippen molar-refractivity contribution in [2.75, 3.05) is 31.1 Å². The van der Waals surface area contributed by atoms with Crippen molar-refractivity contribution < 1.29 is 9.53 Å². The molecule has 8 nitrogen and oxygen atoms in total. The molecule has 3 heterocycles. The molecule has 3 aromatic rings. The first-order valence-corrected chi connectivity index (χ1v) is 10.0. The van der Waals surface area contributed by atoms with E-state index in [-0.39, 0.29) is 12.0 Å². The third kappa shape index (κ3) is 4.01. The molecule has 4 rings (SSSR count). The van der Waals surface area contributed by atoms with Gasteiger partial charge in [-0.05, 0) is 38.5 Å². The van der Waals surface area contributed by atoms with E-state index in [9.17, 15) is 4.79 Å². The molecular formula is C21H26N6O2. The fraction of sp³-hybridized carbons (Fsp3) is 0.429. The summed E-state index contributed by atoms with van der Waals surface area (Å²) in [5.41, 5.74) is 2.37. The number of piperazine rings is 1. The lowest BCUT2D eigenvalue weighted by Gasteiger charge is -2.34. The fourth-order valence-electron chi connectivity index (χ4n) is 3.59. The zero-order valence-corrected chi connectivity index (χ0v) is 17.1. The number of anilines is 1. The number of hydrogen-bond acceptors (Lipinski definition) is 6. The van der Waals surface area contributed by atoms with Crippen LogP contribution in [0.1, 0.15) is 27.2 Å². The highest BCUT2D eigenvalue weighted by Gasteiger charge is 2.24. The second kappa shape index (κ2) is 8.06. The van der Waals surface area contributed by atoms with Crippen LogP contribution in [0.5, 0.6) is 5.75 Å². The van der Waals surface area contributed by atoms with Gasteiger partial charge in [0, 0.05) is 31.1 Å². The molecule has 29 heavy (non-hydrogen) atoms. The number of amides is 1. The molecule has 0 aliphatic carbocycles. The highest BCUT2D eigenvalue weighted by atomic mass is 16.5. The SMILES string of the molecule is CCCN1CCN(c2cc(-c3n[nH]c4ccc(OC(C)C)cc34)ncn2)CC1=O. The summed E-state index contributed by atoms with van der Waals surface area (Å²) in [6, 6.07) is 7.76. The topological polar surface area (TPSA) is 87.2 Å². The standard InChI is InChI=1S/C21H26N6O2/c1-4-7-26-8-9-27(12-20(26)28)19-11-18(22-13-23-19)21-16-10-15(29-14(2)3)5-6-17(16)24-25-21/h5-6,10-11,13-14H,4,7-9,12H2,1-3H3,(H,24,25). The molecule has 152 valence electrons. The van der Waals surface area contributed by atoms with Gasteiger partial charge in [-0.25, -0.2) is 9.97 Å². The lowest BCUT2D eigenvalue weighted by Crippen LogP contribution is -2.50. The molecule has 1 aliphatic heterocycles. The van der Waals surface area contributed by atoms with Crippen LogP contribution in [0, 0.1) is 0 Å². The van der Waals surface area contributed by atoms with E-state index in [2.05, 4.69) is 27.1 Å². The number of nitrogens with one attached hydrogen (secondary N) is 1. The van der Waals surface area contributed by atoms with E-state index in [1.54, 1.807) is 0 Å². The second-order valence-corrected chi connectivity index (χ2v) is 7.51. The number of aromatic amines is 1. The third-order valence-electron chi connectivity index (χ3n) is 4.94. The first-order chi connectivity index (χ1) is 14.0. The normalized spacial score (nSPS) is 14.8. The third-order valence-corrected chi connectivity index (χ3v) is 4.94. The summed E-state index contributed by atoms with van der Waals surface area (Å²) in [4.78, 5) is 25.1. The smallest absolute Gasteiger partial charge is 0.242 e. The van der Waals surface area contributed by atoms with Gasteiger partial charge in [-0.1, -0.05) is 6.92 Å². The Balaban J connectivity index is 1.61. The molecule has 0 saturated carbocycles. The summed E-state index contributed by atoms with van der Waals surface area (Å²) in [6.07, 6.45) is 2.60. The molecule has 2 aromatic heterocycles. The summed E-state index contributed by atoms with van der Waals surface area (Å²) in [5.74, 6) is 1.67. The van der Waals surface area contributed by atoms with Crippen LogP contribution < -0.4 is 9.64 Å². The van der Waals surface area contributed by atoms with Crippen molar-refractivity contribution >= 4 is 22.6 Å². The number of rotatable bonds is 6. The average molecular weight is 394 g/mol. The first-order valence-electron chi connectivity index (χ1n) is 10.0. The van der Waals surface area contributed by atoms with Crippen LogP contribution in [0.3, 0.4) is 0 Å². The Morgan fingerprint density at radius 2 is 2.07 bits per heavy atom. The Morgan fingerprint density at radius 1 is 1.21 bits per heavy atom. The predicted molar refractivity (Wildman–Crippen MR) is 112 cm³/mol. The Bertz CT molecular complexity index is 1020. The molecule has 1 aliphatic rings. The highest BCUT2D eigenvalue weighted by Crippen LogP contribution is 2.30. The van der Waals surface area contributed by atoms with Crippen LogP contribution in [0.25, 0.3) is 22.3 Å². The molecule has 1 aromatic carbocycles. The summed E-state index contributed by atoms with van der Waals surface area (Å²) < 4.78 is 5.82. The van der Waals surface area contributed by atoms with Gasteiger partial charge in [-0.15, -0.1) is 0 Å². The quantitative estimate of drug-likeness (QED) is 0.692. The minimum atomic E-state index is 0.0948. The first kappa shape index (κ1) is 19.2. The van der Waals surface area contributed by atoms with Gasteiger partial charge in [0.25, 0.3) is 0 Å². The molecule has 1 N–H and O–H groups in total. The summed E-state index contributed by atoms with van der Waals surface area (Å²) >= 11 is 0. The maximum atomic E-state index is 12.4. The van der Waals surface area contributed by atoms with Crippen LogP contribution in [0.15, 0.2) is 30.6 Å². The van der Waals surface area contributed by atoms with Gasteiger partial charge in [0.1, 0.15) is 23.6 Å². The average Bonchev–Trinajstić information content (AvgIpc) is 3.12. The molecule has 1 fully saturated rings. The minimum absolute atomic E-state index is 0.0948. The Morgan fingerprint density at radius 3 is 2.83 bits per heavy atom. The lowest BCUT2D eigenvalue weighted by atomic mass is 10.1. The van der Waals surface area contributed by atoms with Gasteiger partial charge in [0.05, 0.1) is 23.9 Å². The van der Waals surface area contributed by atoms with E-state index in [0.29, 0.717) is 18.8 Å². The molecule has 0 bridgehead atoms. The summed E-state index contributed by atoms with van der Waals surface area (Å²) in [5, 5.41) is 8.45. The van der Waals surface area contributed by atoms with Gasteiger partial charge in [-0.2, -0.15) is 5.10 Å². The molecule has 8 heteroatoms. The Labute approximate surface area is 169 Å². The number of carbonyl (C=O) groups is 1. The molecule has 0 spiro atoms. The number of aromatic nitrogens is 4. The number of H-pyrrole nitrogens is 1. The fourth-order valence-corrected chi connectivity index (χ4v) is 3.59. The molecule has 1 amide bonds. The van der Waals surface area contributed by atoms with Crippen molar-refractivity contribution in [1.29, 1.82) is 0 Å². The van der Waals surface area contributed by atoms with E-state index in [4.69, 9.17) is 4.74 Å². The van der Waals surface area contributed by atoms with Crippen LogP contribution >= 0.6 is 0 Å². The molecule has 0 atom stereocenters. The van der Waals surface area contributed by atoms with Crippen molar-refractivity contribution in [2.45, 2.75) is 33.3 Å². The summed E-state index contributed by atoms with van der Waals surface area (Å²) in [7, 11) is 0. The molecule has 0 radical (unpaired) electrons. The monoisotopic (exact) mass is 394 g/mol. The van der Waals surface area contributed by atoms with E-state index >= 15 is 0 Å². The van der Waals surface area contributed by atoms with Crippen molar-refractivity contribution in [2.24, 2.45) is 0 Å². The lowest BCUT2D eigenvalue weighted by molar-refractivity contribution is -0.131. The van der Waals surface area contributed by atoms with E-state index in [0.717, 1.165) is 47.7 Å². The number of benzene rings is 1. The van der Waals surface area contributed by atoms with Crippen LogP contribution in [0.4, 0.5) is 5.82 Å². The van der Waals surface area contributed by atoms with Crippen molar-refractivity contribution in [3.63, 3.8) is 0 Å². The predicted octanol–water partition coefficient (Wildman–Crippen LogP) is 2.87. The van der Waals surface area contributed by atoms with Gasteiger partial charge in [0.15, 0.2) is 0 Å². The van der Waals surface area contributed by atoms with Crippen molar-refractivity contribution in [3.8, 4) is 17.1 Å². The number of nitrogens with zero attached hydrogens (tertiary/aromatic N) is 5. The van der Waals surface area contributed by atoms with Crippen LogP contribution in [-0.4, -0.2) is 63.3 Å². The second-order valence-electron chi connectivity index (χ2n) is 7.51. The highest BCUT2D eigenvalue weighted by molar-refractivity contribution is 5.93. The van der Waals surface area contributed by atoms with Crippen molar-refractivity contribution in [3.05, 3.63) is 30.6 Å². The van der Waals surface area contributed by atoms with E-state index in [1.165, 1.54) is 6.33 Å². The maximum Gasteiger partial charge on any atom is 0.242 e. The summed E-state index contributed by atoms with van der Waals surface area (Å²) in [6.45, 7) is 8.70. The van der Waals surface area contributed by atoms with E-state index < -0.39 is 0 Å². The molecular weight excluding hydrogens is 368 g/mol. The largest absolute Gasteiger partial charge is 0.491 e. The van der Waals surface area contributed by atoms with Gasteiger partial charge < -0.3 is 14.5 Å². The number of hydrogen-bond donors (Lipinski definition) is 1. The zero-order valence-electron chi connectivity index (χ0n) is 17.1. The van der Waals surface area contributed by atoms with Gasteiger partial charge in [-0.3, -0.25) is 9.89 Å². The molecule has 1 saturated heterocycles. The maximum absolute atomic E-state index is 12.4. The minimum Gasteiger partial charge on any atom is -0.491 e. The zero-order chi connectivity index (χ0) is 20.4. The van der Waals surface area contributed by atoms with Crippen LogP contribution in [-0.2, 0) is 4.79 Å². The Hall–Kier alpha value is -3.16. The van der Waals surface area contributed by atoms with Gasteiger partial charge >= 0.3 is 0 Å². The van der Waals surface area contributed by atoms with Crippen molar-refractivity contribution in [1.82, 2.24) is 25.1 Å².